The van der Waals surface area contributed by atoms with Crippen molar-refractivity contribution in [3.63, 3.8) is 0 Å². The van der Waals surface area contributed by atoms with Crippen molar-refractivity contribution in [1.29, 1.82) is 0 Å². The van der Waals surface area contributed by atoms with E-state index in [1.165, 1.54) is 0 Å². The summed E-state index contributed by atoms with van der Waals surface area (Å²) in [5, 5.41) is 3.63. The molecule has 1 unspecified atom stereocenters. The fourth-order valence-corrected chi connectivity index (χ4v) is 3.16. The maximum absolute atomic E-state index is 12.6. The summed E-state index contributed by atoms with van der Waals surface area (Å²) in [7, 11) is 0. The van der Waals surface area contributed by atoms with Crippen LogP contribution in [0, 0.1) is 0 Å². The van der Waals surface area contributed by atoms with Crippen LogP contribution in [0.3, 0.4) is 0 Å². The Bertz CT molecular complexity index is 775. The molecule has 0 saturated carbocycles. The first-order valence-corrected chi connectivity index (χ1v) is 9.32. The van der Waals surface area contributed by atoms with Gasteiger partial charge in [0, 0.05) is 36.5 Å². The largest absolute Gasteiger partial charge is 0.481 e. The number of aromatic nitrogens is 1. The summed E-state index contributed by atoms with van der Waals surface area (Å²) in [6.45, 7) is 2.92. The molecular weight excluding hydrogens is 366 g/mol. The Kier molecular flexibility index (Phi) is 6.29. The van der Waals surface area contributed by atoms with Gasteiger partial charge in [0.05, 0.1) is 5.56 Å². The topological polar surface area (TPSA) is 71.5 Å². The molecule has 1 N–H and O–H groups in total. The van der Waals surface area contributed by atoms with E-state index in [4.69, 9.17) is 16.3 Å². The Morgan fingerprint density at radius 1 is 1.22 bits per heavy atom. The number of amides is 2. The Morgan fingerprint density at radius 3 is 2.56 bits per heavy atom. The third-order valence-electron chi connectivity index (χ3n) is 4.54. The molecule has 2 aromatic rings. The summed E-state index contributed by atoms with van der Waals surface area (Å²) < 4.78 is 5.71. The summed E-state index contributed by atoms with van der Waals surface area (Å²) in [6.07, 6.45) is 4.03. The van der Waals surface area contributed by atoms with E-state index in [1.807, 2.05) is 0 Å². The molecule has 1 fully saturated rings. The second-order valence-electron chi connectivity index (χ2n) is 6.53. The molecule has 0 aliphatic carbocycles. The zero-order valence-electron chi connectivity index (χ0n) is 15.1. The molecule has 3 rings (SSSR count). The maximum atomic E-state index is 12.6. The molecule has 1 aliphatic rings. The highest BCUT2D eigenvalue weighted by atomic mass is 35.5. The van der Waals surface area contributed by atoms with Gasteiger partial charge >= 0.3 is 0 Å². The number of nitrogens with one attached hydrogen (secondary N) is 1. The van der Waals surface area contributed by atoms with Gasteiger partial charge in [0.2, 0.25) is 0 Å². The SMILES string of the molecule is CC(Oc1ccc(Cl)cc1)C(=O)N1CCC(NC(=O)c2cccnc2)CC1. The summed E-state index contributed by atoms with van der Waals surface area (Å²) in [6, 6.07) is 10.5. The minimum Gasteiger partial charge on any atom is -0.481 e. The van der Waals surface area contributed by atoms with Crippen molar-refractivity contribution < 1.29 is 14.3 Å². The predicted molar refractivity (Wildman–Crippen MR) is 103 cm³/mol. The summed E-state index contributed by atoms with van der Waals surface area (Å²) in [5.41, 5.74) is 0.543. The van der Waals surface area contributed by atoms with Crippen molar-refractivity contribution in [3.05, 3.63) is 59.4 Å². The number of pyridine rings is 1. The standard InChI is InChI=1S/C20H22ClN3O3/c1-14(27-18-6-4-16(21)5-7-18)20(26)24-11-8-17(9-12-24)23-19(25)15-3-2-10-22-13-15/h2-7,10,13-14,17H,8-9,11-12H2,1H3,(H,23,25). The number of ether oxygens (including phenoxy) is 1. The molecule has 27 heavy (non-hydrogen) atoms. The van der Waals surface area contributed by atoms with Crippen LogP contribution in [0.4, 0.5) is 0 Å². The number of carbonyl (C=O) groups excluding carboxylic acids is 2. The molecule has 0 radical (unpaired) electrons. The van der Waals surface area contributed by atoms with Crippen LogP contribution in [0.1, 0.15) is 30.1 Å². The van der Waals surface area contributed by atoms with E-state index in [0.717, 1.165) is 0 Å². The molecule has 2 amide bonds. The number of hydrogen-bond acceptors (Lipinski definition) is 4. The number of halogens is 1. The minimum absolute atomic E-state index is 0.0502. The van der Waals surface area contributed by atoms with Gasteiger partial charge in [-0.2, -0.15) is 0 Å². The van der Waals surface area contributed by atoms with Crippen LogP contribution < -0.4 is 10.1 Å². The van der Waals surface area contributed by atoms with Gasteiger partial charge in [-0.1, -0.05) is 11.6 Å². The second-order valence-corrected chi connectivity index (χ2v) is 6.97. The van der Waals surface area contributed by atoms with Crippen LogP contribution in [0.2, 0.25) is 5.02 Å². The van der Waals surface area contributed by atoms with Crippen molar-refractivity contribution in [2.75, 3.05) is 13.1 Å². The fraction of sp³-hybridized carbons (Fsp3) is 0.350. The normalized spacial score (nSPS) is 15.9. The molecule has 1 aromatic heterocycles. The lowest BCUT2D eigenvalue weighted by molar-refractivity contribution is -0.139. The zero-order chi connectivity index (χ0) is 19.2. The Labute approximate surface area is 163 Å². The van der Waals surface area contributed by atoms with Crippen molar-refractivity contribution in [3.8, 4) is 5.75 Å². The minimum atomic E-state index is -0.576. The molecule has 0 spiro atoms. The summed E-state index contributed by atoms with van der Waals surface area (Å²) in [5.74, 6) is 0.424. The van der Waals surface area contributed by atoms with Crippen molar-refractivity contribution in [2.45, 2.75) is 31.9 Å². The van der Waals surface area contributed by atoms with Crippen LogP contribution in [-0.2, 0) is 4.79 Å². The van der Waals surface area contributed by atoms with E-state index < -0.39 is 6.10 Å². The van der Waals surface area contributed by atoms with E-state index in [9.17, 15) is 9.59 Å². The van der Waals surface area contributed by atoms with Crippen LogP contribution in [0.25, 0.3) is 0 Å². The summed E-state index contributed by atoms with van der Waals surface area (Å²) >= 11 is 5.86. The van der Waals surface area contributed by atoms with Crippen molar-refractivity contribution in [1.82, 2.24) is 15.2 Å². The number of rotatable bonds is 5. The number of nitrogens with zero attached hydrogens (tertiary/aromatic N) is 2. The van der Waals surface area contributed by atoms with E-state index in [2.05, 4.69) is 10.3 Å². The molecule has 0 bridgehead atoms. The van der Waals surface area contributed by atoms with Gasteiger partial charge in [-0.05, 0) is 56.2 Å². The van der Waals surface area contributed by atoms with Gasteiger partial charge in [-0.25, -0.2) is 0 Å². The molecular formula is C20H22ClN3O3. The number of piperidine rings is 1. The molecule has 7 heteroatoms. The fourth-order valence-electron chi connectivity index (χ4n) is 3.03. The molecule has 1 atom stereocenters. The molecule has 2 heterocycles. The van der Waals surface area contributed by atoms with Gasteiger partial charge in [-0.3, -0.25) is 14.6 Å². The lowest BCUT2D eigenvalue weighted by Crippen LogP contribution is -2.49. The third kappa shape index (κ3) is 5.20. The first-order valence-electron chi connectivity index (χ1n) is 8.95. The van der Waals surface area contributed by atoms with Gasteiger partial charge in [0.1, 0.15) is 5.75 Å². The number of hydrogen-bond donors (Lipinski definition) is 1. The molecule has 1 aromatic carbocycles. The highest BCUT2D eigenvalue weighted by Gasteiger charge is 2.27. The van der Waals surface area contributed by atoms with Gasteiger partial charge in [0.15, 0.2) is 6.10 Å². The molecule has 1 saturated heterocycles. The smallest absolute Gasteiger partial charge is 0.263 e. The van der Waals surface area contributed by atoms with Crippen LogP contribution in [-0.4, -0.2) is 46.9 Å². The van der Waals surface area contributed by atoms with E-state index in [0.29, 0.717) is 42.3 Å². The first kappa shape index (κ1) is 19.2. The summed E-state index contributed by atoms with van der Waals surface area (Å²) in [4.78, 5) is 30.5. The second kappa shape index (κ2) is 8.86. The Morgan fingerprint density at radius 2 is 1.93 bits per heavy atom. The third-order valence-corrected chi connectivity index (χ3v) is 4.79. The molecule has 142 valence electrons. The number of benzene rings is 1. The first-order chi connectivity index (χ1) is 13.0. The van der Waals surface area contributed by atoms with Crippen LogP contribution in [0.15, 0.2) is 48.8 Å². The van der Waals surface area contributed by atoms with Crippen molar-refractivity contribution in [2.24, 2.45) is 0 Å². The van der Waals surface area contributed by atoms with Gasteiger partial charge in [0.25, 0.3) is 11.8 Å². The van der Waals surface area contributed by atoms with Crippen LogP contribution >= 0.6 is 11.6 Å². The van der Waals surface area contributed by atoms with E-state index in [1.54, 1.807) is 60.6 Å². The quantitative estimate of drug-likeness (QED) is 0.856. The predicted octanol–water partition coefficient (Wildman–Crippen LogP) is 2.92. The van der Waals surface area contributed by atoms with Crippen molar-refractivity contribution >= 4 is 23.4 Å². The van der Waals surface area contributed by atoms with Gasteiger partial charge < -0.3 is 15.0 Å². The van der Waals surface area contributed by atoms with E-state index in [-0.39, 0.29) is 17.9 Å². The average molecular weight is 388 g/mol. The highest BCUT2D eigenvalue weighted by Crippen LogP contribution is 2.18. The highest BCUT2D eigenvalue weighted by molar-refractivity contribution is 6.30. The van der Waals surface area contributed by atoms with Crippen LogP contribution in [0.5, 0.6) is 5.75 Å². The monoisotopic (exact) mass is 387 g/mol. The van der Waals surface area contributed by atoms with Gasteiger partial charge in [-0.15, -0.1) is 0 Å². The molecule has 1 aliphatic heterocycles. The Hall–Kier alpha value is -2.60. The molecule has 6 nitrogen and oxygen atoms in total. The lowest BCUT2D eigenvalue weighted by Gasteiger charge is -2.33. The Balaban J connectivity index is 1.47. The maximum Gasteiger partial charge on any atom is 0.263 e. The zero-order valence-corrected chi connectivity index (χ0v) is 15.9. The number of likely N-dealkylation sites (tertiary alicyclic amines) is 1. The van der Waals surface area contributed by atoms with E-state index >= 15 is 0 Å². The lowest BCUT2D eigenvalue weighted by atomic mass is 10.0. The number of carbonyl (C=O) groups is 2. The average Bonchev–Trinajstić information content (AvgIpc) is 2.70.